The number of hydrogen-bond acceptors (Lipinski definition) is 7. The lowest BCUT2D eigenvalue weighted by molar-refractivity contribution is -0.138. The minimum absolute atomic E-state index is 0.0345. The molecule has 6 rings (SSSR count). The average molecular weight is 608 g/mol. The predicted octanol–water partition coefficient (Wildman–Crippen LogP) is 5.55. The fraction of sp³-hybridized carbons (Fsp3) is 0.387. The van der Waals surface area contributed by atoms with E-state index < -0.39 is 17.6 Å². The number of nitrogens with one attached hydrogen (secondary N) is 1. The molecule has 2 fully saturated rings. The Morgan fingerprint density at radius 2 is 1.95 bits per heavy atom. The van der Waals surface area contributed by atoms with E-state index in [2.05, 4.69) is 15.3 Å². The van der Waals surface area contributed by atoms with E-state index in [1.165, 1.54) is 12.1 Å². The van der Waals surface area contributed by atoms with Crippen molar-refractivity contribution in [2.24, 2.45) is 5.41 Å². The van der Waals surface area contributed by atoms with Crippen LogP contribution in [0, 0.1) is 5.41 Å². The molecule has 2 aliphatic heterocycles. The summed E-state index contributed by atoms with van der Waals surface area (Å²) in [5.41, 5.74) is 6.88. The van der Waals surface area contributed by atoms with Crippen LogP contribution in [-0.4, -0.2) is 55.3 Å². The summed E-state index contributed by atoms with van der Waals surface area (Å²) in [7, 11) is 0. The van der Waals surface area contributed by atoms with Crippen molar-refractivity contribution in [3.8, 4) is 17.0 Å². The lowest BCUT2D eigenvalue weighted by Gasteiger charge is -2.34. The molecular formula is C31H32F3N7O3. The van der Waals surface area contributed by atoms with E-state index in [0.29, 0.717) is 29.1 Å². The van der Waals surface area contributed by atoms with Crippen LogP contribution < -0.4 is 15.8 Å². The Labute approximate surface area is 251 Å². The SMILES string of the molecule is CCOc1cc(C(=O)Nc2cc(C(F)(F)F)ccn2)ccc1-c1nc([C@@H]2CC[C@H]3CC(C)(C)C(=O)N3C2)n2ccnc(N)c12. The first-order valence-corrected chi connectivity index (χ1v) is 14.4. The Morgan fingerprint density at radius 1 is 1.16 bits per heavy atom. The molecule has 2 saturated heterocycles. The summed E-state index contributed by atoms with van der Waals surface area (Å²) in [6, 6.07) is 6.54. The Morgan fingerprint density at radius 3 is 2.70 bits per heavy atom. The first kappa shape index (κ1) is 29.4. The molecule has 0 saturated carbocycles. The van der Waals surface area contributed by atoms with E-state index in [1.807, 2.05) is 23.1 Å². The highest BCUT2D eigenvalue weighted by molar-refractivity contribution is 6.04. The van der Waals surface area contributed by atoms with Gasteiger partial charge in [0.25, 0.3) is 5.91 Å². The van der Waals surface area contributed by atoms with Crippen molar-refractivity contribution in [1.82, 2.24) is 24.3 Å². The number of carbonyl (C=O) groups is 2. The molecule has 13 heteroatoms. The van der Waals surface area contributed by atoms with Gasteiger partial charge in [0.15, 0.2) is 0 Å². The predicted molar refractivity (Wildman–Crippen MR) is 157 cm³/mol. The summed E-state index contributed by atoms with van der Waals surface area (Å²) in [6.45, 7) is 6.61. The number of amides is 2. The standard InChI is InChI=1S/C31H32F3N7O3/c1-4-44-22-13-17(28(42)38-23-14-19(9-10-36-23)31(32,33)34)6-8-21(22)24-25-26(35)37-11-12-40(25)27(39-24)18-5-7-20-15-30(2,3)29(43)41(20)16-18/h6,8-14,18,20H,4-5,7,15-16H2,1-3H3,(H2,35,37)(H,36,38,42)/t18-,20+/m1/s1. The third kappa shape index (κ3) is 5.20. The van der Waals surface area contributed by atoms with Gasteiger partial charge in [0.05, 0.1) is 12.2 Å². The highest BCUT2D eigenvalue weighted by Crippen LogP contribution is 2.44. The normalized spacial score (nSPS) is 19.7. The van der Waals surface area contributed by atoms with Gasteiger partial charge in [0.2, 0.25) is 5.91 Å². The van der Waals surface area contributed by atoms with Crippen LogP contribution >= 0.6 is 0 Å². The summed E-state index contributed by atoms with van der Waals surface area (Å²) in [5, 5.41) is 2.43. The van der Waals surface area contributed by atoms with E-state index in [0.717, 1.165) is 43.4 Å². The van der Waals surface area contributed by atoms with Crippen molar-refractivity contribution < 1.29 is 27.5 Å². The molecule has 0 radical (unpaired) electrons. The van der Waals surface area contributed by atoms with Crippen LogP contribution in [0.4, 0.5) is 24.8 Å². The number of imidazole rings is 1. The van der Waals surface area contributed by atoms with Gasteiger partial charge in [0.1, 0.15) is 34.4 Å². The number of nitrogen functional groups attached to an aromatic ring is 1. The quantitative estimate of drug-likeness (QED) is 0.294. The minimum Gasteiger partial charge on any atom is -0.493 e. The first-order chi connectivity index (χ1) is 20.9. The number of hydrogen-bond donors (Lipinski definition) is 2. The van der Waals surface area contributed by atoms with Crippen molar-refractivity contribution in [3.05, 3.63) is 65.9 Å². The molecule has 10 nitrogen and oxygen atoms in total. The number of aromatic nitrogens is 4. The second kappa shape index (κ2) is 10.8. The number of piperidine rings is 1. The minimum atomic E-state index is -4.57. The van der Waals surface area contributed by atoms with E-state index >= 15 is 0 Å². The van der Waals surface area contributed by atoms with Gasteiger partial charge in [-0.2, -0.15) is 13.2 Å². The molecule has 5 heterocycles. The molecule has 1 aromatic carbocycles. The van der Waals surface area contributed by atoms with Crippen LogP contribution in [0.1, 0.15) is 67.7 Å². The van der Waals surface area contributed by atoms with Crippen LogP contribution in [0.15, 0.2) is 48.9 Å². The zero-order valence-corrected chi connectivity index (χ0v) is 24.5. The lowest BCUT2D eigenvalue weighted by atomic mass is 9.87. The van der Waals surface area contributed by atoms with Crippen molar-refractivity contribution in [2.45, 2.75) is 58.2 Å². The topological polar surface area (TPSA) is 128 Å². The van der Waals surface area contributed by atoms with Gasteiger partial charge in [-0.05, 0) is 56.5 Å². The number of pyridine rings is 1. The molecule has 3 N–H and O–H groups in total. The van der Waals surface area contributed by atoms with Crippen LogP contribution in [0.5, 0.6) is 5.75 Å². The van der Waals surface area contributed by atoms with Crippen LogP contribution in [0.2, 0.25) is 0 Å². The summed E-state index contributed by atoms with van der Waals surface area (Å²) < 4.78 is 47.3. The average Bonchev–Trinajstić information content (AvgIpc) is 3.47. The number of fused-ring (bicyclic) bond motifs is 2. The zero-order chi connectivity index (χ0) is 31.4. The van der Waals surface area contributed by atoms with Gasteiger partial charge in [0, 0.05) is 53.6 Å². The molecule has 2 aliphatic rings. The second-order valence-corrected chi connectivity index (χ2v) is 11.8. The first-order valence-electron chi connectivity index (χ1n) is 14.4. The Balaban J connectivity index is 1.35. The largest absolute Gasteiger partial charge is 0.493 e. The molecule has 0 unspecified atom stereocenters. The summed E-state index contributed by atoms with van der Waals surface area (Å²) in [6.07, 6.45) is 2.38. The number of halogens is 3. The third-order valence-corrected chi connectivity index (χ3v) is 8.40. The maximum atomic E-state index is 13.1. The Hall–Kier alpha value is -4.68. The fourth-order valence-electron chi connectivity index (χ4n) is 6.32. The number of rotatable bonds is 6. The van der Waals surface area contributed by atoms with Crippen molar-refractivity contribution >= 4 is 29.0 Å². The number of benzene rings is 1. The van der Waals surface area contributed by atoms with E-state index in [-0.39, 0.29) is 47.1 Å². The molecule has 0 aliphatic carbocycles. The molecule has 3 aromatic heterocycles. The fourth-order valence-corrected chi connectivity index (χ4v) is 6.32. The number of nitrogens with zero attached hydrogens (tertiary/aromatic N) is 5. The van der Waals surface area contributed by atoms with Crippen molar-refractivity contribution in [1.29, 1.82) is 0 Å². The van der Waals surface area contributed by atoms with Crippen molar-refractivity contribution in [2.75, 3.05) is 24.2 Å². The van der Waals surface area contributed by atoms with E-state index in [9.17, 15) is 22.8 Å². The Kier molecular flexibility index (Phi) is 7.21. The highest BCUT2D eigenvalue weighted by Gasteiger charge is 2.48. The third-order valence-electron chi connectivity index (χ3n) is 8.40. The number of anilines is 2. The van der Waals surface area contributed by atoms with Crippen LogP contribution in [-0.2, 0) is 11.0 Å². The van der Waals surface area contributed by atoms with Gasteiger partial charge in [-0.15, -0.1) is 0 Å². The van der Waals surface area contributed by atoms with Gasteiger partial charge < -0.3 is 20.7 Å². The summed E-state index contributed by atoms with van der Waals surface area (Å²) in [4.78, 5) is 41.3. The van der Waals surface area contributed by atoms with Gasteiger partial charge in [-0.1, -0.05) is 13.8 Å². The molecule has 2 amide bonds. The maximum absolute atomic E-state index is 13.1. The zero-order valence-electron chi connectivity index (χ0n) is 24.5. The lowest BCUT2D eigenvalue weighted by Crippen LogP contribution is -2.42. The Bertz CT molecular complexity index is 1770. The molecule has 230 valence electrons. The second-order valence-electron chi connectivity index (χ2n) is 11.8. The molecule has 0 spiro atoms. The highest BCUT2D eigenvalue weighted by atomic mass is 19.4. The van der Waals surface area contributed by atoms with Gasteiger partial charge >= 0.3 is 6.18 Å². The van der Waals surface area contributed by atoms with Crippen molar-refractivity contribution in [3.63, 3.8) is 0 Å². The number of nitrogens with two attached hydrogens (primary N) is 1. The van der Waals surface area contributed by atoms with Crippen LogP contribution in [0.3, 0.4) is 0 Å². The van der Waals surface area contributed by atoms with Gasteiger partial charge in [-0.3, -0.25) is 14.0 Å². The van der Waals surface area contributed by atoms with Gasteiger partial charge in [-0.25, -0.2) is 15.0 Å². The number of alkyl halides is 3. The number of ether oxygens (including phenoxy) is 1. The van der Waals surface area contributed by atoms with Crippen LogP contribution in [0.25, 0.3) is 16.8 Å². The smallest absolute Gasteiger partial charge is 0.416 e. The molecule has 4 aromatic rings. The molecular weight excluding hydrogens is 575 g/mol. The van der Waals surface area contributed by atoms with E-state index in [1.54, 1.807) is 25.4 Å². The molecule has 2 atom stereocenters. The molecule has 0 bridgehead atoms. The summed E-state index contributed by atoms with van der Waals surface area (Å²) >= 11 is 0. The monoisotopic (exact) mass is 607 g/mol. The maximum Gasteiger partial charge on any atom is 0.416 e. The van der Waals surface area contributed by atoms with E-state index in [4.69, 9.17) is 15.5 Å². The summed E-state index contributed by atoms with van der Waals surface area (Å²) in [5.74, 6) is 0.580. The number of carbonyl (C=O) groups excluding carboxylic acids is 2. The molecule has 44 heavy (non-hydrogen) atoms.